The summed E-state index contributed by atoms with van der Waals surface area (Å²) in [6, 6.07) is 5.38. The van der Waals surface area contributed by atoms with Crippen molar-refractivity contribution >= 4 is 22.8 Å². The normalized spacial score (nSPS) is 18.3. The summed E-state index contributed by atoms with van der Waals surface area (Å²) in [5.74, 6) is -2.25. The Morgan fingerprint density at radius 1 is 1.21 bits per heavy atom. The van der Waals surface area contributed by atoms with Gasteiger partial charge < -0.3 is 30.1 Å². The Balaban J connectivity index is 0.000000757. The standard InChI is InChI=1S/C27H40N2O3.C2H2O4/c1-4-6-7-8-9-13-29-14-11-21(20(5-2)19-29)15-23(30)16-22-10-12-28-25-18-26(31)27(32-3)17-24(22)25;3-1(4)2(5)6/h5,10,12,17-18,20-21,23,30-31H,2,4,6-9,11,13-16,19H2,1,3H3;(H,3,4)(H,5,6)/t20-,21-,23?;/m0./s1. The lowest BCUT2D eigenvalue weighted by Gasteiger charge is -2.38. The van der Waals surface area contributed by atoms with E-state index in [0.29, 0.717) is 29.5 Å². The van der Waals surface area contributed by atoms with E-state index in [1.54, 1.807) is 19.4 Å². The van der Waals surface area contributed by atoms with Crippen LogP contribution in [-0.4, -0.2) is 75.1 Å². The van der Waals surface area contributed by atoms with E-state index in [1.807, 2.05) is 12.1 Å². The van der Waals surface area contributed by atoms with Crippen LogP contribution in [0.3, 0.4) is 0 Å². The zero-order valence-corrected chi connectivity index (χ0v) is 22.5. The third-order valence-electron chi connectivity index (χ3n) is 7.12. The summed E-state index contributed by atoms with van der Waals surface area (Å²) in [5.41, 5.74) is 1.74. The van der Waals surface area contributed by atoms with Crippen molar-refractivity contribution in [2.75, 3.05) is 26.7 Å². The second-order valence-corrected chi connectivity index (χ2v) is 9.88. The molecule has 0 radical (unpaired) electrons. The summed E-state index contributed by atoms with van der Waals surface area (Å²) in [7, 11) is 1.54. The van der Waals surface area contributed by atoms with E-state index in [4.69, 9.17) is 24.5 Å². The first-order valence-electron chi connectivity index (χ1n) is 13.3. The Bertz CT molecular complexity index is 1050. The van der Waals surface area contributed by atoms with Gasteiger partial charge >= 0.3 is 11.9 Å². The molecular formula is C29H42N2O7. The number of unbranched alkanes of at least 4 members (excludes halogenated alkanes) is 4. The maximum absolute atomic E-state index is 10.9. The summed E-state index contributed by atoms with van der Waals surface area (Å²) in [6.45, 7) is 9.71. The molecular weight excluding hydrogens is 488 g/mol. The third kappa shape index (κ3) is 9.61. The van der Waals surface area contributed by atoms with Crippen molar-refractivity contribution in [1.82, 2.24) is 9.88 Å². The molecule has 0 amide bonds. The molecule has 0 bridgehead atoms. The molecule has 9 heteroatoms. The fraction of sp³-hybridized carbons (Fsp3) is 0.552. The average molecular weight is 531 g/mol. The summed E-state index contributed by atoms with van der Waals surface area (Å²) >= 11 is 0. The molecule has 38 heavy (non-hydrogen) atoms. The zero-order chi connectivity index (χ0) is 28.1. The number of ether oxygens (including phenoxy) is 1. The van der Waals surface area contributed by atoms with E-state index in [-0.39, 0.29) is 5.75 Å². The quantitative estimate of drug-likeness (QED) is 0.177. The van der Waals surface area contributed by atoms with E-state index in [9.17, 15) is 10.2 Å². The number of aliphatic hydroxyl groups excluding tert-OH is 1. The van der Waals surface area contributed by atoms with Crippen LogP contribution < -0.4 is 4.74 Å². The molecule has 9 nitrogen and oxygen atoms in total. The Hall–Kier alpha value is -3.17. The lowest BCUT2D eigenvalue weighted by molar-refractivity contribution is -0.159. The topological polar surface area (TPSA) is 140 Å². The van der Waals surface area contributed by atoms with Crippen LogP contribution in [0.2, 0.25) is 0 Å². The van der Waals surface area contributed by atoms with E-state index in [0.717, 1.165) is 36.9 Å². The van der Waals surface area contributed by atoms with Crippen LogP contribution in [0.25, 0.3) is 10.9 Å². The number of likely N-dealkylation sites (tertiary alicyclic amines) is 1. The highest BCUT2D eigenvalue weighted by atomic mass is 16.5. The maximum Gasteiger partial charge on any atom is 0.414 e. The SMILES string of the molecule is C=C[C@H]1CN(CCCCCCC)CC[C@H]1CC(O)Cc1ccnc2cc(O)c(OC)cc12.O=C(O)C(=O)O. The second-order valence-electron chi connectivity index (χ2n) is 9.88. The third-order valence-corrected chi connectivity index (χ3v) is 7.12. The summed E-state index contributed by atoms with van der Waals surface area (Å²) in [5, 5.41) is 36.7. The molecule has 0 spiro atoms. The molecule has 3 rings (SSSR count). The monoisotopic (exact) mass is 530 g/mol. The zero-order valence-electron chi connectivity index (χ0n) is 22.5. The molecule has 4 N–H and O–H groups in total. The number of rotatable bonds is 12. The first-order valence-corrected chi connectivity index (χ1v) is 13.3. The van der Waals surface area contributed by atoms with Gasteiger partial charge in [0.05, 0.1) is 18.7 Å². The van der Waals surface area contributed by atoms with Crippen molar-refractivity contribution in [3.63, 3.8) is 0 Å². The number of phenolic OH excluding ortho intramolecular Hbond substituents is 1. The largest absolute Gasteiger partial charge is 0.504 e. The van der Waals surface area contributed by atoms with Crippen LogP contribution in [-0.2, 0) is 16.0 Å². The molecule has 2 heterocycles. The smallest absolute Gasteiger partial charge is 0.414 e. The lowest BCUT2D eigenvalue weighted by atomic mass is 9.80. The van der Waals surface area contributed by atoms with E-state index in [1.165, 1.54) is 38.6 Å². The minimum atomic E-state index is -1.82. The van der Waals surface area contributed by atoms with Crippen molar-refractivity contribution in [3.05, 3.63) is 42.6 Å². The fourth-order valence-electron chi connectivity index (χ4n) is 5.05. The number of phenols is 1. The first-order chi connectivity index (χ1) is 18.2. The first kappa shape index (κ1) is 31.1. The number of nitrogens with zero attached hydrogens (tertiary/aromatic N) is 2. The molecule has 1 unspecified atom stereocenters. The van der Waals surface area contributed by atoms with E-state index < -0.39 is 18.0 Å². The van der Waals surface area contributed by atoms with Crippen LogP contribution in [0.1, 0.15) is 57.4 Å². The number of carboxylic acid groups (broad SMARTS) is 2. The van der Waals surface area contributed by atoms with Crippen molar-refractivity contribution in [2.24, 2.45) is 11.8 Å². The molecule has 1 aliphatic rings. The Labute approximate surface area is 224 Å². The summed E-state index contributed by atoms with van der Waals surface area (Å²) < 4.78 is 5.26. The van der Waals surface area contributed by atoms with Gasteiger partial charge in [-0.25, -0.2) is 9.59 Å². The molecule has 1 saturated heterocycles. The number of carbonyl (C=O) groups is 2. The van der Waals surface area contributed by atoms with Crippen LogP contribution in [0, 0.1) is 11.8 Å². The predicted molar refractivity (Wildman–Crippen MR) is 147 cm³/mol. The number of aliphatic hydroxyl groups is 1. The fourth-order valence-corrected chi connectivity index (χ4v) is 5.05. The number of pyridine rings is 1. The Kier molecular flexibility index (Phi) is 13.0. The Morgan fingerprint density at radius 2 is 1.92 bits per heavy atom. The van der Waals surface area contributed by atoms with Crippen molar-refractivity contribution in [2.45, 2.75) is 64.4 Å². The highest BCUT2D eigenvalue weighted by molar-refractivity contribution is 6.27. The highest BCUT2D eigenvalue weighted by Crippen LogP contribution is 2.33. The number of piperidine rings is 1. The number of carboxylic acids is 2. The minimum absolute atomic E-state index is 0.0798. The van der Waals surface area contributed by atoms with E-state index >= 15 is 0 Å². The number of fused-ring (bicyclic) bond motifs is 1. The van der Waals surface area contributed by atoms with Gasteiger partial charge in [-0.3, -0.25) is 4.98 Å². The van der Waals surface area contributed by atoms with Crippen LogP contribution >= 0.6 is 0 Å². The van der Waals surface area contributed by atoms with Gasteiger partial charge in [0.1, 0.15) is 0 Å². The molecule has 0 aliphatic carbocycles. The minimum Gasteiger partial charge on any atom is -0.504 e. The van der Waals surface area contributed by atoms with E-state index in [2.05, 4.69) is 29.5 Å². The highest BCUT2D eigenvalue weighted by Gasteiger charge is 2.29. The van der Waals surface area contributed by atoms with Gasteiger partial charge in [0.2, 0.25) is 0 Å². The molecule has 1 aliphatic heterocycles. The van der Waals surface area contributed by atoms with Gasteiger partial charge in [0.25, 0.3) is 0 Å². The van der Waals surface area contributed by atoms with Gasteiger partial charge in [-0.15, -0.1) is 6.58 Å². The van der Waals surface area contributed by atoms with Crippen molar-refractivity contribution in [1.29, 1.82) is 0 Å². The van der Waals surface area contributed by atoms with Crippen LogP contribution in [0.5, 0.6) is 11.5 Å². The molecule has 1 aromatic carbocycles. The van der Waals surface area contributed by atoms with Gasteiger partial charge in [0.15, 0.2) is 11.5 Å². The van der Waals surface area contributed by atoms with Gasteiger partial charge in [-0.1, -0.05) is 38.7 Å². The van der Waals surface area contributed by atoms with Gasteiger partial charge in [-0.05, 0) is 68.3 Å². The number of benzene rings is 1. The predicted octanol–water partition coefficient (Wildman–Crippen LogP) is 4.49. The number of aromatic nitrogens is 1. The number of hydrogen-bond acceptors (Lipinski definition) is 7. The molecule has 210 valence electrons. The summed E-state index contributed by atoms with van der Waals surface area (Å²) in [6.07, 6.45) is 12.5. The number of aliphatic carboxylic acids is 2. The molecule has 0 saturated carbocycles. The maximum atomic E-state index is 10.9. The molecule has 1 aromatic heterocycles. The molecule has 2 aromatic rings. The average Bonchev–Trinajstić information content (AvgIpc) is 2.89. The number of methoxy groups -OCH3 is 1. The van der Waals surface area contributed by atoms with Gasteiger partial charge in [-0.2, -0.15) is 0 Å². The summed E-state index contributed by atoms with van der Waals surface area (Å²) in [4.78, 5) is 25.1. The van der Waals surface area contributed by atoms with Crippen LogP contribution in [0.4, 0.5) is 0 Å². The second kappa shape index (κ2) is 15.9. The molecule has 1 fully saturated rings. The number of aromatic hydroxyl groups is 1. The van der Waals surface area contributed by atoms with Crippen LogP contribution in [0.15, 0.2) is 37.1 Å². The van der Waals surface area contributed by atoms with Crippen molar-refractivity contribution in [3.8, 4) is 11.5 Å². The Morgan fingerprint density at radius 3 is 2.55 bits per heavy atom. The molecule has 3 atom stereocenters. The van der Waals surface area contributed by atoms with Gasteiger partial charge in [0, 0.05) is 24.2 Å². The number of hydrogen-bond donors (Lipinski definition) is 4. The van der Waals surface area contributed by atoms with Crippen molar-refractivity contribution < 1.29 is 34.8 Å². The lowest BCUT2D eigenvalue weighted by Crippen LogP contribution is -2.41.